The second-order valence-corrected chi connectivity index (χ2v) is 5.01. The van der Waals surface area contributed by atoms with E-state index in [9.17, 15) is 9.59 Å². The second kappa shape index (κ2) is 6.05. The Morgan fingerprint density at radius 1 is 1.63 bits per heavy atom. The maximum atomic E-state index is 11.8. The summed E-state index contributed by atoms with van der Waals surface area (Å²) in [6, 6.07) is 5.37. The summed E-state index contributed by atoms with van der Waals surface area (Å²) in [6.07, 6.45) is -0.681. The first-order valence-corrected chi connectivity index (χ1v) is 6.73. The van der Waals surface area contributed by atoms with E-state index in [1.54, 1.807) is 12.1 Å². The first-order chi connectivity index (χ1) is 9.13. The maximum absolute atomic E-state index is 11.8. The van der Waals surface area contributed by atoms with Crippen LogP contribution >= 0.6 is 11.8 Å². The van der Waals surface area contributed by atoms with Crippen LogP contribution in [-0.2, 0) is 14.3 Å². The van der Waals surface area contributed by atoms with Crippen molar-refractivity contribution in [2.75, 3.05) is 30.0 Å². The lowest BCUT2D eigenvalue weighted by molar-refractivity contribution is -0.125. The highest BCUT2D eigenvalue weighted by Crippen LogP contribution is 2.33. The summed E-state index contributed by atoms with van der Waals surface area (Å²) in [6.45, 7) is 0.111. The summed E-state index contributed by atoms with van der Waals surface area (Å²) in [5, 5.41) is 5.47. The molecule has 4 N–H and O–H groups in total. The lowest BCUT2D eigenvalue weighted by Gasteiger charge is -2.18. The Morgan fingerprint density at radius 2 is 2.42 bits per heavy atom. The van der Waals surface area contributed by atoms with Gasteiger partial charge in [0.1, 0.15) is 6.10 Å². The predicted octanol–water partition coefficient (Wildman–Crippen LogP) is 0.643. The number of nitrogens with two attached hydrogens (primary N) is 1. The van der Waals surface area contributed by atoms with Crippen LogP contribution in [0.3, 0.4) is 0 Å². The minimum atomic E-state index is -0.681. The Labute approximate surface area is 115 Å². The highest BCUT2D eigenvalue weighted by molar-refractivity contribution is 8.00. The zero-order valence-corrected chi connectivity index (χ0v) is 11.3. The number of hydrogen-bond donors (Lipinski definition) is 3. The van der Waals surface area contributed by atoms with Crippen LogP contribution < -0.4 is 16.4 Å². The molecule has 0 saturated carbocycles. The molecule has 0 saturated heterocycles. The largest absolute Gasteiger partial charge is 0.370 e. The average molecular weight is 281 g/mol. The van der Waals surface area contributed by atoms with Crippen molar-refractivity contribution in [1.29, 1.82) is 0 Å². The molecule has 0 fully saturated rings. The van der Waals surface area contributed by atoms with E-state index in [-0.39, 0.29) is 18.4 Å². The molecular weight excluding hydrogens is 266 g/mol. The van der Waals surface area contributed by atoms with Crippen LogP contribution in [0.2, 0.25) is 0 Å². The number of rotatable bonds is 4. The minimum Gasteiger partial charge on any atom is -0.370 e. The molecule has 102 valence electrons. The molecule has 0 aliphatic carbocycles. The van der Waals surface area contributed by atoms with Gasteiger partial charge in [-0.2, -0.15) is 0 Å². The van der Waals surface area contributed by atoms with Crippen molar-refractivity contribution < 1.29 is 14.3 Å². The first-order valence-electron chi connectivity index (χ1n) is 5.74. The number of ether oxygens (including phenoxy) is 1. The van der Waals surface area contributed by atoms with Gasteiger partial charge in [-0.15, -0.1) is 11.8 Å². The molecule has 0 aromatic heterocycles. The van der Waals surface area contributed by atoms with Gasteiger partial charge in [-0.05, 0) is 18.2 Å². The number of benzene rings is 1. The normalized spacial score (nSPS) is 15.4. The number of methoxy groups -OCH3 is 1. The van der Waals surface area contributed by atoms with Crippen molar-refractivity contribution in [1.82, 2.24) is 0 Å². The number of thioether (sulfide) groups is 1. The number of carbonyl (C=O) groups is 2. The summed E-state index contributed by atoms with van der Waals surface area (Å²) in [7, 11) is 1.43. The highest BCUT2D eigenvalue weighted by atomic mass is 32.2. The summed E-state index contributed by atoms with van der Waals surface area (Å²) >= 11 is 1.47. The molecule has 1 aliphatic heterocycles. The molecule has 19 heavy (non-hydrogen) atoms. The summed E-state index contributed by atoms with van der Waals surface area (Å²) < 4.78 is 4.95. The molecule has 1 aromatic carbocycles. The number of nitrogens with one attached hydrogen (secondary N) is 2. The number of carbonyl (C=O) groups excluding carboxylic acids is 2. The highest BCUT2D eigenvalue weighted by Gasteiger charge is 2.18. The zero-order valence-electron chi connectivity index (χ0n) is 10.4. The van der Waals surface area contributed by atoms with Gasteiger partial charge in [-0.1, -0.05) is 0 Å². The van der Waals surface area contributed by atoms with Gasteiger partial charge in [-0.3, -0.25) is 9.59 Å². The van der Waals surface area contributed by atoms with Gasteiger partial charge in [0.2, 0.25) is 5.91 Å². The molecule has 0 bridgehead atoms. The minimum absolute atomic E-state index is 0.0438. The van der Waals surface area contributed by atoms with Gasteiger partial charge < -0.3 is 21.1 Å². The monoisotopic (exact) mass is 281 g/mol. The fraction of sp³-hybridized carbons (Fsp3) is 0.333. The molecule has 6 nitrogen and oxygen atoms in total. The van der Waals surface area contributed by atoms with Crippen molar-refractivity contribution >= 4 is 35.0 Å². The van der Waals surface area contributed by atoms with Crippen LogP contribution in [0, 0.1) is 0 Å². The fourth-order valence-electron chi connectivity index (χ4n) is 1.69. The molecule has 0 spiro atoms. The molecule has 1 aromatic rings. The van der Waals surface area contributed by atoms with Crippen molar-refractivity contribution in [2.24, 2.45) is 5.73 Å². The average Bonchev–Trinajstić information content (AvgIpc) is 2.39. The van der Waals surface area contributed by atoms with Crippen LogP contribution in [0.4, 0.5) is 11.4 Å². The van der Waals surface area contributed by atoms with E-state index < -0.39 is 6.10 Å². The van der Waals surface area contributed by atoms with Crippen LogP contribution in [0.15, 0.2) is 23.1 Å². The molecule has 1 unspecified atom stereocenters. The second-order valence-electron chi connectivity index (χ2n) is 4.00. The van der Waals surface area contributed by atoms with Crippen molar-refractivity contribution in [3.05, 3.63) is 18.2 Å². The molecular formula is C12H15N3O3S. The quantitative estimate of drug-likeness (QED) is 0.753. The van der Waals surface area contributed by atoms with E-state index in [4.69, 9.17) is 10.5 Å². The molecule has 1 heterocycles. The van der Waals surface area contributed by atoms with E-state index in [1.165, 1.54) is 18.9 Å². The van der Waals surface area contributed by atoms with Crippen LogP contribution in [0.1, 0.15) is 0 Å². The Hall–Kier alpha value is -1.57. The van der Waals surface area contributed by atoms with E-state index in [0.717, 1.165) is 4.90 Å². The van der Waals surface area contributed by atoms with Crippen LogP contribution in [-0.4, -0.2) is 37.3 Å². The molecule has 1 aliphatic rings. The summed E-state index contributed by atoms with van der Waals surface area (Å²) in [5.74, 6) is 0.0647. The summed E-state index contributed by atoms with van der Waals surface area (Å²) in [4.78, 5) is 24.1. The van der Waals surface area contributed by atoms with Crippen molar-refractivity contribution in [3.8, 4) is 0 Å². The number of fused-ring (bicyclic) bond motifs is 1. The Kier molecular flexibility index (Phi) is 4.41. The predicted molar refractivity (Wildman–Crippen MR) is 74.3 cm³/mol. The Balaban J connectivity index is 2.12. The molecule has 2 amide bonds. The maximum Gasteiger partial charge on any atom is 0.254 e. The van der Waals surface area contributed by atoms with Gasteiger partial charge >= 0.3 is 0 Å². The topological polar surface area (TPSA) is 93.4 Å². The van der Waals surface area contributed by atoms with Gasteiger partial charge in [0.25, 0.3) is 5.91 Å². The van der Waals surface area contributed by atoms with E-state index in [2.05, 4.69) is 10.6 Å². The van der Waals surface area contributed by atoms with Crippen LogP contribution in [0.25, 0.3) is 0 Å². The van der Waals surface area contributed by atoms with E-state index >= 15 is 0 Å². The van der Waals surface area contributed by atoms with Gasteiger partial charge in [-0.25, -0.2) is 0 Å². The third-order valence-corrected chi connectivity index (χ3v) is 3.74. The van der Waals surface area contributed by atoms with Gasteiger partial charge in [0.15, 0.2) is 0 Å². The Morgan fingerprint density at radius 3 is 3.11 bits per heavy atom. The van der Waals surface area contributed by atoms with Gasteiger partial charge in [0.05, 0.1) is 11.4 Å². The zero-order chi connectivity index (χ0) is 13.8. The number of hydrogen-bond acceptors (Lipinski definition) is 5. The Bertz CT molecular complexity index is 503. The third kappa shape index (κ3) is 3.25. The van der Waals surface area contributed by atoms with Crippen LogP contribution in [0.5, 0.6) is 0 Å². The molecule has 7 heteroatoms. The third-order valence-electron chi connectivity index (χ3n) is 2.67. The lowest BCUT2D eigenvalue weighted by Crippen LogP contribution is -2.35. The van der Waals surface area contributed by atoms with E-state index in [0.29, 0.717) is 17.1 Å². The molecule has 2 rings (SSSR count). The SMILES string of the molecule is COC(CN)C(=O)Nc1ccc2c(c1)NC(=O)CS2. The first kappa shape index (κ1) is 13.9. The smallest absolute Gasteiger partial charge is 0.254 e. The van der Waals surface area contributed by atoms with Crippen molar-refractivity contribution in [2.45, 2.75) is 11.0 Å². The van der Waals surface area contributed by atoms with Crippen molar-refractivity contribution in [3.63, 3.8) is 0 Å². The summed E-state index contributed by atoms with van der Waals surface area (Å²) in [5.41, 5.74) is 6.73. The lowest BCUT2D eigenvalue weighted by atomic mass is 10.2. The van der Waals surface area contributed by atoms with Gasteiger partial charge in [0, 0.05) is 24.2 Å². The standard InChI is InChI=1S/C12H15N3O3S/c1-18-9(5-13)12(17)14-7-2-3-10-8(4-7)15-11(16)6-19-10/h2-4,9H,5-6,13H2,1H3,(H,14,17)(H,15,16). The number of amides is 2. The van der Waals surface area contributed by atoms with E-state index in [1.807, 2.05) is 6.07 Å². The fourth-order valence-corrected chi connectivity index (χ4v) is 2.48. The molecule has 0 radical (unpaired) electrons. The number of anilines is 2. The molecule has 1 atom stereocenters.